The number of aliphatic hydroxyl groups is 1. The molecule has 0 amide bonds. The van der Waals surface area contributed by atoms with Gasteiger partial charge in [-0.3, -0.25) is 0 Å². The Labute approximate surface area is 101 Å². The van der Waals surface area contributed by atoms with Crippen LogP contribution in [0.3, 0.4) is 0 Å². The number of aliphatic hydroxyl groups excluding tert-OH is 1. The maximum Gasteiger partial charge on any atom is 0.178 e. The van der Waals surface area contributed by atoms with Gasteiger partial charge in [0.1, 0.15) is 0 Å². The largest absolute Gasteiger partial charge is 0.388 e. The quantitative estimate of drug-likeness (QED) is 0.878. The first kappa shape index (κ1) is 13.5. The van der Waals surface area contributed by atoms with Crippen LogP contribution in [0.4, 0.5) is 0 Å². The van der Waals surface area contributed by atoms with Crippen LogP contribution < -0.4 is 0 Å². The fraction of sp³-hybridized carbons (Fsp3) is 0.455. The van der Waals surface area contributed by atoms with Crippen LogP contribution in [-0.4, -0.2) is 31.3 Å². The number of benzene rings is 1. The molecule has 0 aliphatic rings. The first-order valence-electron chi connectivity index (χ1n) is 5.01. The number of hydrogen-bond acceptors (Lipinski definition) is 4. The lowest BCUT2D eigenvalue weighted by Crippen LogP contribution is -2.05. The summed E-state index contributed by atoms with van der Waals surface area (Å²) in [5.74, 6) is 0.708. The molecule has 5 heteroatoms. The standard InChI is InChI=1S/C11H16O3S2/c1-3-16(13,14)10-6-4-9(5-7-10)11(12)8-15-2/h4-7,11-12H,3,8H2,1-2H3. The molecule has 1 atom stereocenters. The third-order valence-electron chi connectivity index (χ3n) is 2.33. The minimum Gasteiger partial charge on any atom is -0.388 e. The van der Waals surface area contributed by atoms with Crippen LogP contribution in [0.5, 0.6) is 0 Å². The van der Waals surface area contributed by atoms with E-state index in [2.05, 4.69) is 0 Å². The van der Waals surface area contributed by atoms with Crippen LogP contribution in [0.1, 0.15) is 18.6 Å². The maximum atomic E-state index is 11.5. The number of rotatable bonds is 5. The summed E-state index contributed by atoms with van der Waals surface area (Å²) in [5.41, 5.74) is 0.754. The second kappa shape index (κ2) is 5.70. The monoisotopic (exact) mass is 260 g/mol. The van der Waals surface area contributed by atoms with Gasteiger partial charge in [0.25, 0.3) is 0 Å². The molecular weight excluding hydrogens is 244 g/mol. The summed E-state index contributed by atoms with van der Waals surface area (Å²) in [6.07, 6.45) is 1.38. The lowest BCUT2D eigenvalue weighted by Gasteiger charge is -2.09. The Bertz CT molecular complexity index is 423. The normalized spacial score (nSPS) is 13.7. The van der Waals surface area contributed by atoms with E-state index in [9.17, 15) is 13.5 Å². The predicted octanol–water partition coefficient (Wildman–Crippen LogP) is 1.88. The van der Waals surface area contributed by atoms with E-state index in [1.165, 1.54) is 0 Å². The van der Waals surface area contributed by atoms with E-state index in [1.807, 2.05) is 6.26 Å². The summed E-state index contributed by atoms with van der Waals surface area (Å²) in [6, 6.07) is 6.45. The van der Waals surface area contributed by atoms with E-state index in [4.69, 9.17) is 0 Å². The molecule has 0 saturated carbocycles. The zero-order chi connectivity index (χ0) is 12.2. The molecule has 16 heavy (non-hydrogen) atoms. The van der Waals surface area contributed by atoms with Crippen LogP contribution in [0, 0.1) is 0 Å². The van der Waals surface area contributed by atoms with E-state index >= 15 is 0 Å². The molecule has 0 saturated heterocycles. The summed E-state index contributed by atoms with van der Waals surface area (Å²) in [7, 11) is -3.14. The lowest BCUT2D eigenvalue weighted by atomic mass is 10.1. The first-order valence-corrected chi connectivity index (χ1v) is 8.05. The van der Waals surface area contributed by atoms with E-state index in [0.717, 1.165) is 5.56 Å². The highest BCUT2D eigenvalue weighted by molar-refractivity contribution is 7.98. The number of hydrogen-bond donors (Lipinski definition) is 1. The molecule has 1 aromatic carbocycles. The van der Waals surface area contributed by atoms with Gasteiger partial charge in [0.2, 0.25) is 0 Å². The molecule has 1 N–H and O–H groups in total. The van der Waals surface area contributed by atoms with Gasteiger partial charge in [-0.25, -0.2) is 8.42 Å². The molecular formula is C11H16O3S2. The van der Waals surface area contributed by atoms with Crippen molar-refractivity contribution in [2.24, 2.45) is 0 Å². The molecule has 0 radical (unpaired) electrons. The van der Waals surface area contributed by atoms with Crippen molar-refractivity contribution < 1.29 is 13.5 Å². The smallest absolute Gasteiger partial charge is 0.178 e. The third-order valence-corrected chi connectivity index (χ3v) is 4.73. The Morgan fingerprint density at radius 3 is 2.31 bits per heavy atom. The average molecular weight is 260 g/mol. The molecule has 0 aromatic heterocycles. The van der Waals surface area contributed by atoms with E-state index in [1.54, 1.807) is 43.0 Å². The Hall–Kier alpha value is -0.520. The van der Waals surface area contributed by atoms with Gasteiger partial charge in [-0.2, -0.15) is 11.8 Å². The van der Waals surface area contributed by atoms with Crippen LogP contribution >= 0.6 is 11.8 Å². The Kier molecular flexibility index (Phi) is 4.83. The van der Waals surface area contributed by atoms with Crippen LogP contribution in [0.15, 0.2) is 29.2 Å². The lowest BCUT2D eigenvalue weighted by molar-refractivity contribution is 0.204. The highest BCUT2D eigenvalue weighted by atomic mass is 32.2. The van der Waals surface area contributed by atoms with Gasteiger partial charge in [0, 0.05) is 5.75 Å². The van der Waals surface area contributed by atoms with Gasteiger partial charge >= 0.3 is 0 Å². The van der Waals surface area contributed by atoms with Crippen molar-refractivity contribution in [3.05, 3.63) is 29.8 Å². The third kappa shape index (κ3) is 3.23. The zero-order valence-electron chi connectivity index (χ0n) is 9.38. The SMILES string of the molecule is CCS(=O)(=O)c1ccc(C(O)CSC)cc1. The van der Waals surface area contributed by atoms with Gasteiger partial charge < -0.3 is 5.11 Å². The van der Waals surface area contributed by atoms with Gasteiger partial charge in [-0.05, 0) is 24.0 Å². The molecule has 0 bridgehead atoms. The van der Waals surface area contributed by atoms with Crippen molar-refractivity contribution in [2.75, 3.05) is 17.8 Å². The molecule has 1 rings (SSSR count). The fourth-order valence-electron chi connectivity index (χ4n) is 1.32. The van der Waals surface area contributed by atoms with Crippen molar-refractivity contribution in [2.45, 2.75) is 17.9 Å². The molecule has 3 nitrogen and oxygen atoms in total. The summed E-state index contributed by atoms with van der Waals surface area (Å²) < 4.78 is 23.1. The number of thioether (sulfide) groups is 1. The van der Waals surface area contributed by atoms with Crippen LogP contribution in [0.25, 0.3) is 0 Å². The van der Waals surface area contributed by atoms with Gasteiger partial charge in [-0.1, -0.05) is 19.1 Å². The predicted molar refractivity (Wildman–Crippen MR) is 67.5 cm³/mol. The van der Waals surface area contributed by atoms with E-state index in [-0.39, 0.29) is 5.75 Å². The van der Waals surface area contributed by atoms with Gasteiger partial charge in [0.05, 0.1) is 16.8 Å². The number of sulfone groups is 1. The molecule has 90 valence electrons. The Morgan fingerprint density at radius 1 is 1.31 bits per heavy atom. The topological polar surface area (TPSA) is 54.4 Å². The molecule has 0 spiro atoms. The molecule has 0 heterocycles. The molecule has 0 fully saturated rings. The zero-order valence-corrected chi connectivity index (χ0v) is 11.0. The summed E-state index contributed by atoms with van der Waals surface area (Å²) in [5, 5.41) is 9.70. The van der Waals surface area contributed by atoms with Crippen molar-refractivity contribution in [1.29, 1.82) is 0 Å². The fourth-order valence-corrected chi connectivity index (χ4v) is 2.71. The Balaban J connectivity index is 2.91. The van der Waals surface area contributed by atoms with Crippen molar-refractivity contribution in [1.82, 2.24) is 0 Å². The second-order valence-corrected chi connectivity index (χ2v) is 6.63. The maximum absolute atomic E-state index is 11.5. The average Bonchev–Trinajstić information content (AvgIpc) is 2.29. The highest BCUT2D eigenvalue weighted by Crippen LogP contribution is 2.19. The minimum absolute atomic E-state index is 0.0969. The molecule has 0 aliphatic carbocycles. The van der Waals surface area contributed by atoms with Crippen molar-refractivity contribution >= 4 is 21.6 Å². The van der Waals surface area contributed by atoms with E-state index in [0.29, 0.717) is 10.6 Å². The van der Waals surface area contributed by atoms with Crippen molar-refractivity contribution in [3.8, 4) is 0 Å². The summed E-state index contributed by atoms with van der Waals surface area (Å²) in [4.78, 5) is 0.315. The molecule has 1 aromatic rings. The molecule has 0 aliphatic heterocycles. The summed E-state index contributed by atoms with van der Waals surface area (Å²) >= 11 is 1.55. The molecule has 1 unspecified atom stereocenters. The van der Waals surface area contributed by atoms with Crippen molar-refractivity contribution in [3.63, 3.8) is 0 Å². The van der Waals surface area contributed by atoms with Crippen LogP contribution in [-0.2, 0) is 9.84 Å². The second-order valence-electron chi connectivity index (χ2n) is 3.44. The Morgan fingerprint density at radius 2 is 1.88 bits per heavy atom. The van der Waals surface area contributed by atoms with Gasteiger partial charge in [-0.15, -0.1) is 0 Å². The highest BCUT2D eigenvalue weighted by Gasteiger charge is 2.12. The minimum atomic E-state index is -3.14. The van der Waals surface area contributed by atoms with Gasteiger partial charge in [0.15, 0.2) is 9.84 Å². The first-order chi connectivity index (χ1) is 7.51. The summed E-state index contributed by atoms with van der Waals surface area (Å²) in [6.45, 7) is 1.62. The van der Waals surface area contributed by atoms with E-state index < -0.39 is 15.9 Å². The van der Waals surface area contributed by atoms with Crippen LogP contribution in [0.2, 0.25) is 0 Å².